The Morgan fingerprint density at radius 1 is 1.33 bits per heavy atom. The van der Waals surface area contributed by atoms with E-state index in [0.717, 1.165) is 5.56 Å². The molecule has 3 rings (SSSR count). The molecule has 0 amide bonds. The van der Waals surface area contributed by atoms with Crippen LogP contribution in [0.3, 0.4) is 0 Å². The van der Waals surface area contributed by atoms with Crippen LogP contribution in [0.15, 0.2) is 48.4 Å². The summed E-state index contributed by atoms with van der Waals surface area (Å²) in [6, 6.07) is 9.42. The fraction of sp³-hybridized carbons (Fsp3) is 0.0833. The maximum atomic E-state index is 11.1. The third-order valence-corrected chi connectivity index (χ3v) is 2.82. The van der Waals surface area contributed by atoms with Gasteiger partial charge in [-0.15, -0.1) is 10.2 Å². The van der Waals surface area contributed by atoms with Crippen molar-refractivity contribution in [3.8, 4) is 0 Å². The highest BCUT2D eigenvalue weighted by atomic mass is 16.4. The molecule has 90 valence electrons. The molecule has 0 spiro atoms. The molecule has 0 fully saturated rings. The Kier molecular flexibility index (Phi) is 2.33. The van der Waals surface area contributed by atoms with Crippen molar-refractivity contribution in [3.63, 3.8) is 0 Å². The molecule has 18 heavy (non-hydrogen) atoms. The average molecular weight is 242 g/mol. The zero-order chi connectivity index (χ0) is 12.5. The fourth-order valence-electron chi connectivity index (χ4n) is 1.97. The van der Waals surface area contributed by atoms with E-state index in [4.69, 9.17) is 5.11 Å². The van der Waals surface area contributed by atoms with Gasteiger partial charge < -0.3 is 10.4 Å². The minimum Gasteiger partial charge on any atom is -0.477 e. The van der Waals surface area contributed by atoms with Crippen LogP contribution in [0.5, 0.6) is 0 Å². The van der Waals surface area contributed by atoms with E-state index < -0.39 is 5.97 Å². The Morgan fingerprint density at radius 2 is 2.11 bits per heavy atom. The van der Waals surface area contributed by atoms with Gasteiger partial charge >= 0.3 is 5.97 Å². The summed E-state index contributed by atoms with van der Waals surface area (Å²) in [7, 11) is 0. The molecule has 2 heterocycles. The van der Waals surface area contributed by atoms with Gasteiger partial charge in [-0.1, -0.05) is 30.3 Å². The Bertz CT molecular complexity index is 618. The zero-order valence-corrected chi connectivity index (χ0v) is 9.32. The van der Waals surface area contributed by atoms with Crippen LogP contribution < -0.4 is 5.32 Å². The van der Waals surface area contributed by atoms with E-state index in [1.54, 1.807) is 17.0 Å². The second-order valence-electron chi connectivity index (χ2n) is 3.93. The number of hydrogen-bond donors (Lipinski definition) is 2. The predicted molar refractivity (Wildman–Crippen MR) is 63.9 cm³/mol. The molecular formula is C12H10N4O2. The predicted octanol–water partition coefficient (Wildman–Crippen LogP) is 1.26. The molecule has 0 aliphatic carbocycles. The van der Waals surface area contributed by atoms with Crippen molar-refractivity contribution in [1.82, 2.24) is 14.8 Å². The van der Waals surface area contributed by atoms with E-state index in [1.807, 2.05) is 30.3 Å². The molecule has 0 saturated heterocycles. The van der Waals surface area contributed by atoms with Gasteiger partial charge in [0.15, 0.2) is 0 Å². The molecule has 1 atom stereocenters. The SMILES string of the molecule is O=C(O)C1=CC(c2ccccc2)n2cnnc2N1. The first-order valence-corrected chi connectivity index (χ1v) is 5.42. The van der Waals surface area contributed by atoms with Gasteiger partial charge in [0.05, 0.1) is 6.04 Å². The maximum Gasteiger partial charge on any atom is 0.352 e. The minimum atomic E-state index is -1.01. The standard InChI is InChI=1S/C12H10N4O2/c17-11(18)9-6-10(8-4-2-1-3-5-8)16-7-13-15-12(16)14-9/h1-7,10H,(H,14,15)(H,17,18). The number of aromatic nitrogens is 3. The van der Waals surface area contributed by atoms with E-state index in [9.17, 15) is 4.79 Å². The number of rotatable bonds is 2. The van der Waals surface area contributed by atoms with E-state index >= 15 is 0 Å². The van der Waals surface area contributed by atoms with Crippen LogP contribution in [0.1, 0.15) is 11.6 Å². The first-order chi connectivity index (χ1) is 8.75. The third-order valence-electron chi connectivity index (χ3n) is 2.82. The fourth-order valence-corrected chi connectivity index (χ4v) is 1.97. The monoisotopic (exact) mass is 242 g/mol. The van der Waals surface area contributed by atoms with E-state index in [2.05, 4.69) is 15.5 Å². The van der Waals surface area contributed by atoms with Gasteiger partial charge in [-0.3, -0.25) is 4.57 Å². The number of carbonyl (C=O) groups is 1. The van der Waals surface area contributed by atoms with Gasteiger partial charge in [-0.05, 0) is 11.6 Å². The molecule has 1 unspecified atom stereocenters. The van der Waals surface area contributed by atoms with Crippen molar-refractivity contribution < 1.29 is 9.90 Å². The number of benzene rings is 1. The molecule has 0 saturated carbocycles. The summed E-state index contributed by atoms with van der Waals surface area (Å²) in [5.41, 5.74) is 1.10. The number of nitrogens with zero attached hydrogens (tertiary/aromatic N) is 3. The van der Waals surface area contributed by atoms with Gasteiger partial charge in [0, 0.05) is 0 Å². The summed E-state index contributed by atoms with van der Waals surface area (Å²) in [5, 5.41) is 19.5. The van der Waals surface area contributed by atoms with Gasteiger partial charge in [-0.25, -0.2) is 4.79 Å². The van der Waals surface area contributed by atoms with E-state index in [-0.39, 0.29) is 11.7 Å². The maximum absolute atomic E-state index is 11.1. The second kappa shape index (κ2) is 3.99. The Labute approximate surface area is 103 Å². The lowest BCUT2D eigenvalue weighted by Crippen LogP contribution is -2.23. The molecule has 0 bridgehead atoms. The number of anilines is 1. The third kappa shape index (κ3) is 1.64. The number of nitrogens with one attached hydrogen (secondary N) is 1. The highest BCUT2D eigenvalue weighted by molar-refractivity contribution is 5.90. The first kappa shape index (κ1) is 10.5. The molecule has 1 aliphatic rings. The van der Waals surface area contributed by atoms with Crippen LogP contribution in [0.4, 0.5) is 5.95 Å². The highest BCUT2D eigenvalue weighted by Gasteiger charge is 2.24. The number of hydrogen-bond acceptors (Lipinski definition) is 4. The zero-order valence-electron chi connectivity index (χ0n) is 9.32. The molecule has 1 aromatic carbocycles. The second-order valence-corrected chi connectivity index (χ2v) is 3.93. The number of aliphatic carboxylic acids is 1. The van der Waals surface area contributed by atoms with Crippen LogP contribution >= 0.6 is 0 Å². The lowest BCUT2D eigenvalue weighted by molar-refractivity contribution is -0.132. The molecule has 6 heteroatoms. The Morgan fingerprint density at radius 3 is 2.83 bits per heavy atom. The number of carboxylic acid groups (broad SMARTS) is 1. The van der Waals surface area contributed by atoms with Gasteiger partial charge in [0.1, 0.15) is 12.0 Å². The van der Waals surface area contributed by atoms with Crippen LogP contribution in [-0.4, -0.2) is 25.8 Å². The normalized spacial score (nSPS) is 17.6. The molecule has 1 aliphatic heterocycles. The topological polar surface area (TPSA) is 80.0 Å². The molecule has 1 aromatic heterocycles. The Balaban J connectivity index is 2.10. The van der Waals surface area contributed by atoms with Crippen molar-refractivity contribution >= 4 is 11.9 Å². The molecule has 0 radical (unpaired) electrons. The van der Waals surface area contributed by atoms with E-state index in [0.29, 0.717) is 5.95 Å². The van der Waals surface area contributed by atoms with Gasteiger partial charge in [0.25, 0.3) is 0 Å². The van der Waals surface area contributed by atoms with Crippen molar-refractivity contribution in [2.24, 2.45) is 0 Å². The first-order valence-electron chi connectivity index (χ1n) is 5.42. The summed E-state index contributed by atoms with van der Waals surface area (Å²) in [6.45, 7) is 0. The highest BCUT2D eigenvalue weighted by Crippen LogP contribution is 2.28. The van der Waals surface area contributed by atoms with Gasteiger partial charge in [0.2, 0.25) is 5.95 Å². The quantitative estimate of drug-likeness (QED) is 0.828. The lowest BCUT2D eigenvalue weighted by Gasteiger charge is -2.23. The van der Waals surface area contributed by atoms with Crippen LogP contribution in [-0.2, 0) is 4.79 Å². The van der Waals surface area contributed by atoms with Gasteiger partial charge in [-0.2, -0.15) is 0 Å². The van der Waals surface area contributed by atoms with Crippen molar-refractivity contribution in [2.45, 2.75) is 6.04 Å². The molecule has 2 aromatic rings. The summed E-state index contributed by atoms with van der Waals surface area (Å²) in [4.78, 5) is 11.1. The lowest BCUT2D eigenvalue weighted by atomic mass is 10.0. The summed E-state index contributed by atoms with van der Waals surface area (Å²) < 4.78 is 1.79. The van der Waals surface area contributed by atoms with Crippen molar-refractivity contribution in [2.75, 3.05) is 5.32 Å². The average Bonchev–Trinajstić information content (AvgIpc) is 2.86. The van der Waals surface area contributed by atoms with Crippen LogP contribution in [0.25, 0.3) is 0 Å². The largest absolute Gasteiger partial charge is 0.477 e. The summed E-state index contributed by atoms with van der Waals surface area (Å²) >= 11 is 0. The summed E-state index contributed by atoms with van der Waals surface area (Å²) in [6.07, 6.45) is 3.23. The molecular weight excluding hydrogens is 232 g/mol. The van der Waals surface area contributed by atoms with Crippen molar-refractivity contribution in [1.29, 1.82) is 0 Å². The smallest absolute Gasteiger partial charge is 0.352 e. The number of carboxylic acids is 1. The minimum absolute atomic E-state index is 0.115. The van der Waals surface area contributed by atoms with E-state index in [1.165, 1.54) is 0 Å². The number of fused-ring (bicyclic) bond motifs is 1. The van der Waals surface area contributed by atoms with Crippen LogP contribution in [0, 0.1) is 0 Å². The number of allylic oxidation sites excluding steroid dienone is 1. The van der Waals surface area contributed by atoms with Crippen molar-refractivity contribution in [3.05, 3.63) is 54.0 Å². The Hall–Kier alpha value is -2.63. The molecule has 2 N–H and O–H groups in total. The van der Waals surface area contributed by atoms with Crippen LogP contribution in [0.2, 0.25) is 0 Å². The molecule has 6 nitrogen and oxygen atoms in total. The summed E-state index contributed by atoms with van der Waals surface area (Å²) in [5.74, 6) is -0.575.